The Labute approximate surface area is 153 Å². The number of nitrogens with zero attached hydrogens (tertiary/aromatic N) is 1. The van der Waals surface area contributed by atoms with E-state index in [1.807, 2.05) is 4.98 Å². The lowest BCUT2D eigenvalue weighted by Crippen LogP contribution is -2.49. The van der Waals surface area contributed by atoms with Crippen molar-refractivity contribution in [1.29, 1.82) is 0 Å². The molecule has 0 unspecified atom stereocenters. The first-order valence-electron chi connectivity index (χ1n) is 8.34. The van der Waals surface area contributed by atoms with E-state index in [0.29, 0.717) is 0 Å². The lowest BCUT2D eigenvalue weighted by molar-refractivity contribution is -0.245. The monoisotopic (exact) mass is 389 g/mol. The Balaban J connectivity index is 2.31. The number of hydrogen-bond donors (Lipinski definition) is 4. The van der Waals surface area contributed by atoms with Crippen LogP contribution in [0.4, 0.5) is 4.39 Å². The van der Waals surface area contributed by atoms with Gasteiger partial charge in [0.05, 0.1) is 0 Å². The minimum atomic E-state index is -3.00. The topological polar surface area (TPSA) is 157 Å². The van der Waals surface area contributed by atoms with Gasteiger partial charge in [-0.2, -0.15) is 0 Å². The Bertz CT molecular complexity index is 838. The Kier molecular flexibility index (Phi) is 5.62. The number of rotatable bonds is 5. The van der Waals surface area contributed by atoms with E-state index < -0.39 is 53.7 Å². The average Bonchev–Trinajstić information content (AvgIpc) is 2.76. The molecule has 0 aromatic carbocycles. The number of ether oxygens (including phenoxy) is 2. The average molecular weight is 389 g/mol. The van der Waals surface area contributed by atoms with Gasteiger partial charge in [-0.25, -0.2) is 9.18 Å². The summed E-state index contributed by atoms with van der Waals surface area (Å²) in [7, 11) is 0. The maximum absolute atomic E-state index is 15.1. The minimum absolute atomic E-state index is 0.104. The van der Waals surface area contributed by atoms with Crippen molar-refractivity contribution in [2.24, 2.45) is 11.7 Å². The molecular weight excluding hydrogens is 365 g/mol. The third-order valence-electron chi connectivity index (χ3n) is 4.67. The molecule has 0 aliphatic carbocycles. The number of halogens is 1. The second kappa shape index (κ2) is 7.15. The van der Waals surface area contributed by atoms with E-state index in [1.54, 1.807) is 13.8 Å². The lowest BCUT2D eigenvalue weighted by Gasteiger charge is -2.30. The largest absolute Gasteiger partial charge is 0.458 e. The molecule has 1 fully saturated rings. The fourth-order valence-corrected chi connectivity index (χ4v) is 2.73. The van der Waals surface area contributed by atoms with Gasteiger partial charge in [-0.05, 0) is 19.8 Å². The molecule has 1 aliphatic heterocycles. The molecule has 10 nitrogen and oxygen atoms in total. The first-order chi connectivity index (χ1) is 12.3. The molecule has 1 aromatic rings. The number of carbonyl (C=O) groups is 1. The van der Waals surface area contributed by atoms with E-state index in [1.165, 1.54) is 6.92 Å². The van der Waals surface area contributed by atoms with Gasteiger partial charge in [0.25, 0.3) is 11.4 Å². The normalized spacial score (nSPS) is 31.9. The summed E-state index contributed by atoms with van der Waals surface area (Å²) in [5.74, 6) is -4.16. The molecule has 27 heavy (non-hydrogen) atoms. The molecule has 2 rings (SSSR count). The highest BCUT2D eigenvalue weighted by atomic mass is 19.2. The molecule has 11 heteroatoms. The number of aryl methyl sites for hydroxylation is 1. The maximum Gasteiger partial charge on any atom is 0.330 e. The zero-order valence-corrected chi connectivity index (χ0v) is 15.4. The van der Waals surface area contributed by atoms with E-state index in [9.17, 15) is 24.6 Å². The molecule has 5 N–H and O–H groups in total. The van der Waals surface area contributed by atoms with Crippen LogP contribution in [0.3, 0.4) is 0 Å². The predicted octanol–water partition coefficient (Wildman–Crippen LogP) is -1.54. The zero-order chi connectivity index (χ0) is 20.7. The van der Waals surface area contributed by atoms with Crippen LogP contribution in [0.1, 0.15) is 26.3 Å². The highest BCUT2D eigenvalue weighted by Gasteiger charge is 2.63. The lowest BCUT2D eigenvalue weighted by atomic mass is 10.0. The van der Waals surface area contributed by atoms with E-state index in [-0.39, 0.29) is 11.5 Å². The van der Waals surface area contributed by atoms with Gasteiger partial charge in [0.15, 0.2) is 12.3 Å². The third kappa shape index (κ3) is 3.68. The van der Waals surface area contributed by atoms with Gasteiger partial charge in [-0.3, -0.25) is 19.1 Å². The van der Waals surface area contributed by atoms with Crippen molar-refractivity contribution < 1.29 is 28.9 Å². The van der Waals surface area contributed by atoms with Crippen LogP contribution in [0, 0.1) is 12.8 Å². The summed E-state index contributed by atoms with van der Waals surface area (Å²) in [4.78, 5) is 37.4. The molecule has 1 aromatic heterocycles. The van der Waals surface area contributed by atoms with Crippen LogP contribution < -0.4 is 17.0 Å². The zero-order valence-electron chi connectivity index (χ0n) is 15.4. The Morgan fingerprint density at radius 3 is 2.59 bits per heavy atom. The van der Waals surface area contributed by atoms with Crippen LogP contribution in [0.5, 0.6) is 0 Å². The third-order valence-corrected chi connectivity index (χ3v) is 4.67. The van der Waals surface area contributed by atoms with Crippen molar-refractivity contribution in [1.82, 2.24) is 9.55 Å². The van der Waals surface area contributed by atoms with E-state index in [2.05, 4.69) is 0 Å². The number of nitrogens with one attached hydrogen (secondary N) is 1. The van der Waals surface area contributed by atoms with E-state index in [4.69, 9.17) is 15.2 Å². The maximum atomic E-state index is 15.1. The molecule has 1 aliphatic rings. The van der Waals surface area contributed by atoms with Crippen molar-refractivity contribution in [3.63, 3.8) is 0 Å². The van der Waals surface area contributed by atoms with Gasteiger partial charge < -0.3 is 25.4 Å². The molecular formula is C16H24FN3O7. The van der Waals surface area contributed by atoms with Gasteiger partial charge in [0, 0.05) is 11.8 Å². The van der Waals surface area contributed by atoms with Crippen molar-refractivity contribution in [3.8, 4) is 0 Å². The molecule has 0 bridgehead atoms. The summed E-state index contributed by atoms with van der Waals surface area (Å²) >= 11 is 0. The minimum Gasteiger partial charge on any atom is -0.458 e. The van der Waals surface area contributed by atoms with Gasteiger partial charge in [0.1, 0.15) is 18.2 Å². The number of hydrogen-bond acceptors (Lipinski definition) is 8. The van der Waals surface area contributed by atoms with Gasteiger partial charge in [0.2, 0.25) is 0 Å². The van der Waals surface area contributed by atoms with Crippen LogP contribution in [-0.4, -0.2) is 56.4 Å². The number of H-pyrrole nitrogens is 1. The number of carbonyl (C=O) groups excluding carboxylic acids is 1. The fourth-order valence-electron chi connectivity index (χ4n) is 2.73. The van der Waals surface area contributed by atoms with Crippen LogP contribution in [0.2, 0.25) is 0 Å². The van der Waals surface area contributed by atoms with Crippen LogP contribution in [-0.2, 0) is 20.0 Å². The number of aliphatic hydroxyl groups is 2. The summed E-state index contributed by atoms with van der Waals surface area (Å²) in [5.41, 5.74) is 2.03. The second-order valence-corrected chi connectivity index (χ2v) is 7.15. The number of nitrogens with two attached hydrogens (primary N) is 1. The van der Waals surface area contributed by atoms with Gasteiger partial charge in [-0.1, -0.05) is 13.8 Å². The predicted molar refractivity (Wildman–Crippen MR) is 90.4 cm³/mol. The van der Waals surface area contributed by atoms with Crippen molar-refractivity contribution >= 4 is 5.97 Å². The molecule has 0 spiro atoms. The second-order valence-electron chi connectivity index (χ2n) is 7.15. The smallest absolute Gasteiger partial charge is 0.330 e. The molecule has 152 valence electrons. The fraction of sp³-hybridized carbons (Fsp3) is 0.688. The highest BCUT2D eigenvalue weighted by molar-refractivity contribution is 5.75. The van der Waals surface area contributed by atoms with Crippen LogP contribution in [0.15, 0.2) is 15.8 Å². The van der Waals surface area contributed by atoms with E-state index in [0.717, 1.165) is 17.7 Å². The molecule has 1 saturated heterocycles. The van der Waals surface area contributed by atoms with Crippen LogP contribution in [0.25, 0.3) is 0 Å². The Morgan fingerprint density at radius 2 is 2.04 bits per heavy atom. The van der Waals surface area contributed by atoms with Gasteiger partial charge in [-0.15, -0.1) is 0 Å². The Hall–Kier alpha value is -2.08. The molecule has 2 heterocycles. The number of aromatic nitrogens is 2. The van der Waals surface area contributed by atoms with Gasteiger partial charge >= 0.3 is 11.7 Å². The summed E-state index contributed by atoms with van der Waals surface area (Å²) in [6.07, 6.45) is -2.96. The quantitative estimate of drug-likeness (QED) is 0.441. The summed E-state index contributed by atoms with van der Waals surface area (Å²) in [5, 5.41) is 20.5. The Morgan fingerprint density at radius 1 is 1.44 bits per heavy atom. The standard InChI is InChI=1S/C16H24FN3O7/c1-7(2)9(18)13(24)26-6-16(17)11(22)10(21)15(4,27-16)20-5-8(3)12(23)19-14(20)25/h5,7,9-11,21-22H,6,18H2,1-4H3,(H,19,23,25)/t9-,10+,11-,15+,16+/m0/s1. The molecule has 0 radical (unpaired) electrons. The van der Waals surface area contributed by atoms with Crippen molar-refractivity contribution in [2.45, 2.75) is 57.5 Å². The van der Waals surface area contributed by atoms with Crippen molar-refractivity contribution in [3.05, 3.63) is 32.6 Å². The van der Waals surface area contributed by atoms with Crippen LogP contribution >= 0.6 is 0 Å². The van der Waals surface area contributed by atoms with E-state index >= 15 is 4.39 Å². The number of alkyl halides is 1. The first kappa shape index (κ1) is 21.2. The summed E-state index contributed by atoms with van der Waals surface area (Å²) in [6, 6.07) is -1.01. The molecule has 0 amide bonds. The molecule has 0 saturated carbocycles. The SMILES string of the molecule is Cc1cn([C@]2(C)O[C@](F)(COC(=O)[C@@H](N)C(C)C)[C@@H](O)[C@H]2O)c(=O)[nH]c1=O. The highest BCUT2D eigenvalue weighted by Crippen LogP contribution is 2.42. The molecule has 5 atom stereocenters. The first-order valence-corrected chi connectivity index (χ1v) is 8.34. The number of aromatic amines is 1. The summed E-state index contributed by atoms with van der Waals surface area (Å²) in [6.45, 7) is 4.85. The summed E-state index contributed by atoms with van der Waals surface area (Å²) < 4.78 is 25.9. The van der Waals surface area contributed by atoms with Crippen molar-refractivity contribution in [2.75, 3.05) is 6.61 Å². The number of esters is 1. The number of aliphatic hydroxyl groups excluding tert-OH is 2.